The molecule has 3 unspecified atom stereocenters. The number of aliphatic hydroxyl groups excluding tert-OH is 6. The maximum Gasteiger partial charge on any atom is 0.501 e. The molecule has 0 aromatic rings. The highest BCUT2D eigenvalue weighted by Crippen LogP contribution is 2.22. The molecule has 0 radical (unpaired) electrons. The molecule has 0 amide bonds. The van der Waals surface area contributed by atoms with Crippen molar-refractivity contribution in [3.8, 4) is 0 Å². The lowest BCUT2D eigenvalue weighted by Crippen LogP contribution is -2.51. The molecule has 0 saturated heterocycles. The monoisotopic (exact) mass is 1110 g/mol. The number of unbranched alkanes of at least 4 members (excludes halogenated alkanes) is 15. The van der Waals surface area contributed by atoms with Gasteiger partial charge in [-0.1, -0.05) is 90.4 Å². The largest absolute Gasteiger partial charge is 0.501 e. The Morgan fingerprint density at radius 1 is 0.437 bits per heavy atom. The topological polar surface area (TPSA) is 322 Å². The van der Waals surface area contributed by atoms with E-state index in [0.717, 1.165) is 30.4 Å². The van der Waals surface area contributed by atoms with Crippen LogP contribution in [0.1, 0.15) is 122 Å². The van der Waals surface area contributed by atoms with E-state index in [-0.39, 0.29) is 92.0 Å². The van der Waals surface area contributed by atoms with Gasteiger partial charge in [0, 0.05) is 71.4 Å². The fourth-order valence-corrected chi connectivity index (χ4v) is 12.8. The van der Waals surface area contributed by atoms with E-state index in [9.17, 15) is 69.6 Å². The molecular weight excluding hydrogens is 1010 g/mol. The van der Waals surface area contributed by atoms with Crippen molar-refractivity contribution in [2.24, 2.45) is 0 Å². The minimum Gasteiger partial charge on any atom is -0.395 e. The molecule has 0 spiro atoms. The van der Waals surface area contributed by atoms with E-state index < -0.39 is 74.7 Å². The zero-order chi connectivity index (χ0) is 53.7. The molecule has 0 aliphatic rings. The summed E-state index contributed by atoms with van der Waals surface area (Å²) in [6.45, 7) is 3.21. The summed E-state index contributed by atoms with van der Waals surface area (Å²) in [6, 6.07) is 0.336. The van der Waals surface area contributed by atoms with Crippen molar-refractivity contribution in [1.82, 2.24) is 14.7 Å². The summed E-state index contributed by atoms with van der Waals surface area (Å²) >= 11 is 0. The van der Waals surface area contributed by atoms with Crippen molar-refractivity contribution in [3.05, 3.63) is 0 Å². The summed E-state index contributed by atoms with van der Waals surface area (Å²) < 4.78 is 117. The van der Waals surface area contributed by atoms with Crippen molar-refractivity contribution in [2.45, 2.75) is 147 Å². The van der Waals surface area contributed by atoms with Crippen LogP contribution in [0, 0.1) is 0 Å². The predicted octanol–water partition coefficient (Wildman–Crippen LogP) is 1.72. The summed E-state index contributed by atoms with van der Waals surface area (Å²) in [4.78, 5) is 4.79. The molecule has 71 heavy (non-hydrogen) atoms. The van der Waals surface area contributed by atoms with E-state index in [1.54, 1.807) is 14.7 Å². The fraction of sp³-hybridized carbons (Fsp3) is 1.00. The molecule has 428 valence electrons. The molecule has 0 heterocycles. The maximum absolute atomic E-state index is 11.5. The number of nitrogens with zero attached hydrogens (tertiary/aromatic N) is 4. The van der Waals surface area contributed by atoms with E-state index in [4.69, 9.17) is 13.3 Å². The van der Waals surface area contributed by atoms with Gasteiger partial charge in [-0.2, -0.15) is 25.3 Å². The van der Waals surface area contributed by atoms with Crippen LogP contribution < -0.4 is 0 Å². The van der Waals surface area contributed by atoms with E-state index in [1.165, 1.54) is 83.5 Å². The number of quaternary nitrogens is 1. The van der Waals surface area contributed by atoms with E-state index >= 15 is 0 Å². The number of rotatable bonds is 52. The van der Waals surface area contributed by atoms with Gasteiger partial charge in [0.25, 0.3) is 30.4 Å². The van der Waals surface area contributed by atoms with Crippen molar-refractivity contribution >= 4 is 39.2 Å². The standard InChI is InChI=1S/C45H98N4O18S3Si/c1-4-5-6-7-8-9-10-11-12-13-14-15-16-17-19-28-49(2,3)29-21-36-71(66-34-26-47(24-31-51)38-44(54)41-69(59,60)61,67-35-27-48(25-32-52)39-45(55)42-70(62,63)64)65-33-20-18-22-46(23-30-50)37-43(53)40-68(56,57)58/h43-45,50-55H,4-42H2,1-3H3,(H2-,56,57,58,59,60,61,62,63,64)/p+1. The summed E-state index contributed by atoms with van der Waals surface area (Å²) in [6.07, 6.45) is 16.3. The van der Waals surface area contributed by atoms with Crippen molar-refractivity contribution in [2.75, 3.05) is 143 Å². The Kier molecular flexibility index (Phi) is 40.3. The molecule has 0 aromatic heterocycles. The smallest absolute Gasteiger partial charge is 0.395 e. The summed E-state index contributed by atoms with van der Waals surface area (Å²) in [7, 11) is -12.8. The lowest BCUT2D eigenvalue weighted by Gasteiger charge is -2.34. The molecule has 9 N–H and O–H groups in total. The molecule has 0 rings (SSSR count). The second-order valence-electron chi connectivity index (χ2n) is 19.7. The average molecular weight is 1110 g/mol. The molecule has 0 bridgehead atoms. The van der Waals surface area contributed by atoms with Crippen LogP contribution in [0.15, 0.2) is 0 Å². The Morgan fingerprint density at radius 3 is 1.11 bits per heavy atom. The zero-order valence-electron chi connectivity index (χ0n) is 43.5. The van der Waals surface area contributed by atoms with Crippen molar-refractivity contribution in [1.29, 1.82) is 0 Å². The first-order valence-corrected chi connectivity index (χ1v) is 32.8. The molecule has 26 heteroatoms. The van der Waals surface area contributed by atoms with Gasteiger partial charge < -0.3 is 48.4 Å². The van der Waals surface area contributed by atoms with Gasteiger partial charge in [-0.15, -0.1) is 0 Å². The minimum atomic E-state index is -4.49. The number of hydrogen-bond donors (Lipinski definition) is 9. The first-order chi connectivity index (χ1) is 33.4. The van der Waals surface area contributed by atoms with Crippen LogP contribution in [-0.4, -0.2) is 259 Å². The Morgan fingerprint density at radius 2 is 0.761 bits per heavy atom. The third-order valence-electron chi connectivity index (χ3n) is 12.1. The first-order valence-electron chi connectivity index (χ1n) is 26.0. The Hall–Kier alpha value is -0.573. The van der Waals surface area contributed by atoms with Crippen LogP contribution in [0.4, 0.5) is 0 Å². The zero-order valence-corrected chi connectivity index (χ0v) is 47.0. The normalized spacial score (nSPS) is 15.3. The molecule has 22 nitrogen and oxygen atoms in total. The van der Waals surface area contributed by atoms with Gasteiger partial charge in [0.2, 0.25) is 0 Å². The van der Waals surface area contributed by atoms with Crippen LogP contribution in [0.5, 0.6) is 0 Å². The molecule has 3 atom stereocenters. The molecule has 0 saturated carbocycles. The van der Waals surface area contributed by atoms with Gasteiger partial charge in [-0.25, -0.2) is 0 Å². The number of hydrogen-bond acceptors (Lipinski definition) is 18. The van der Waals surface area contributed by atoms with Gasteiger partial charge in [0.15, 0.2) is 0 Å². The average Bonchev–Trinajstić information content (AvgIpc) is 3.23. The van der Waals surface area contributed by atoms with Gasteiger partial charge in [-0.3, -0.25) is 28.4 Å². The van der Waals surface area contributed by atoms with Crippen molar-refractivity contribution < 1.29 is 87.3 Å². The van der Waals surface area contributed by atoms with E-state index in [2.05, 4.69) is 21.0 Å². The van der Waals surface area contributed by atoms with Crippen LogP contribution in [0.25, 0.3) is 0 Å². The van der Waals surface area contributed by atoms with Gasteiger partial charge >= 0.3 is 8.80 Å². The lowest BCUT2D eigenvalue weighted by atomic mass is 10.0. The van der Waals surface area contributed by atoms with Crippen molar-refractivity contribution in [3.63, 3.8) is 0 Å². The first kappa shape index (κ1) is 70.4. The Labute approximate surface area is 429 Å². The highest BCUT2D eigenvalue weighted by Gasteiger charge is 2.42. The summed E-state index contributed by atoms with van der Waals surface area (Å²) in [5.74, 6) is -2.68. The van der Waals surface area contributed by atoms with E-state index in [0.29, 0.717) is 31.9 Å². The number of aliphatic hydroxyl groups is 6. The van der Waals surface area contributed by atoms with Gasteiger partial charge in [-0.05, 0) is 32.2 Å². The highest BCUT2D eigenvalue weighted by molar-refractivity contribution is 7.86. The Balaban J connectivity index is 6.08. The SMILES string of the molecule is CCCCCCCCCCCCCCCCC[N+](C)(C)CCC[Si](OCCCCN(CCO)CC(O)CS(=O)(=O)O)(OCCN(CCO)CC(O)CS(=O)(=O)O)OCCN(CCO)CC(O)CS(=O)(=O)O. The quantitative estimate of drug-likeness (QED) is 0.0181. The van der Waals surface area contributed by atoms with E-state index in [1.807, 2.05) is 0 Å². The fourth-order valence-electron chi connectivity index (χ4n) is 8.50. The van der Waals surface area contributed by atoms with Gasteiger partial charge in [0.05, 0.1) is 78.5 Å². The van der Waals surface area contributed by atoms with Crippen LogP contribution in [0.2, 0.25) is 6.04 Å². The summed E-state index contributed by atoms with van der Waals surface area (Å²) in [5.41, 5.74) is 0. The van der Waals surface area contributed by atoms with Crippen LogP contribution in [0.3, 0.4) is 0 Å². The summed E-state index contributed by atoms with van der Waals surface area (Å²) in [5, 5.41) is 60.1. The molecule has 0 aromatic carbocycles. The van der Waals surface area contributed by atoms with Crippen LogP contribution >= 0.6 is 0 Å². The maximum atomic E-state index is 11.5. The van der Waals surface area contributed by atoms with Crippen LogP contribution in [-0.2, 0) is 43.6 Å². The predicted molar refractivity (Wildman–Crippen MR) is 277 cm³/mol. The molecule has 0 aliphatic heterocycles. The molecule has 0 aliphatic carbocycles. The molecule has 0 fully saturated rings. The van der Waals surface area contributed by atoms with Gasteiger partial charge in [0.1, 0.15) is 17.3 Å². The highest BCUT2D eigenvalue weighted by atomic mass is 32.2. The second-order valence-corrected chi connectivity index (χ2v) is 26.9. The third kappa shape index (κ3) is 44.3. The minimum absolute atomic E-state index is 0.0401. The second kappa shape index (κ2) is 40.6. The lowest BCUT2D eigenvalue weighted by molar-refractivity contribution is -0.890. The Bertz CT molecular complexity index is 1570. The molecular formula is C45H99N4O18S3Si+. The third-order valence-corrected chi connectivity index (χ3v) is 17.4.